The third-order valence-electron chi connectivity index (χ3n) is 3.39. The molecule has 2 heterocycles. The summed E-state index contributed by atoms with van der Waals surface area (Å²) in [6, 6.07) is 0.305. The molecule has 1 fully saturated rings. The Balaban J connectivity index is 2.16. The fraction of sp³-hybridized carbons (Fsp3) is 0.833. The summed E-state index contributed by atoms with van der Waals surface area (Å²) in [7, 11) is 0. The molecule has 0 saturated carbocycles. The first kappa shape index (κ1) is 12.5. The van der Waals surface area contributed by atoms with E-state index in [1.807, 2.05) is 10.9 Å². The molecular weight excluding hydrogens is 216 g/mol. The second-order valence-electron chi connectivity index (χ2n) is 4.65. The van der Waals surface area contributed by atoms with Crippen molar-refractivity contribution in [2.24, 2.45) is 5.92 Å². The summed E-state index contributed by atoms with van der Waals surface area (Å²) in [4.78, 5) is 0. The average molecular weight is 238 g/mol. The molecule has 0 bridgehead atoms. The minimum Gasteiger partial charge on any atom is -0.378 e. The van der Waals surface area contributed by atoms with Crippen LogP contribution in [0.1, 0.15) is 38.9 Å². The van der Waals surface area contributed by atoms with Crippen LogP contribution in [0.25, 0.3) is 0 Å². The van der Waals surface area contributed by atoms with Gasteiger partial charge >= 0.3 is 0 Å². The summed E-state index contributed by atoms with van der Waals surface area (Å²) in [6.07, 6.45) is 3.35. The predicted octanol–water partition coefficient (Wildman–Crippen LogP) is 1.37. The van der Waals surface area contributed by atoms with E-state index >= 15 is 0 Å². The van der Waals surface area contributed by atoms with E-state index in [2.05, 4.69) is 36.4 Å². The lowest BCUT2D eigenvalue weighted by atomic mass is 9.94. The zero-order chi connectivity index (χ0) is 12.3. The quantitative estimate of drug-likeness (QED) is 0.842. The Morgan fingerprint density at radius 3 is 3.00 bits per heavy atom. The molecule has 1 saturated heterocycles. The van der Waals surface area contributed by atoms with Gasteiger partial charge in [0.1, 0.15) is 0 Å². The maximum Gasteiger partial charge on any atom is 0.0760 e. The van der Waals surface area contributed by atoms with Gasteiger partial charge in [0.2, 0.25) is 0 Å². The van der Waals surface area contributed by atoms with Gasteiger partial charge in [0.05, 0.1) is 30.6 Å². The van der Waals surface area contributed by atoms with E-state index < -0.39 is 0 Å². The van der Waals surface area contributed by atoms with Crippen molar-refractivity contribution in [1.29, 1.82) is 0 Å². The lowest BCUT2D eigenvalue weighted by molar-refractivity contribution is 0.116. The first-order valence-electron chi connectivity index (χ1n) is 6.49. The van der Waals surface area contributed by atoms with Gasteiger partial charge in [-0.05, 0) is 26.8 Å². The van der Waals surface area contributed by atoms with Crippen LogP contribution in [0.5, 0.6) is 0 Å². The van der Waals surface area contributed by atoms with Gasteiger partial charge < -0.3 is 10.1 Å². The van der Waals surface area contributed by atoms with Crippen LogP contribution in [0.3, 0.4) is 0 Å². The van der Waals surface area contributed by atoms with Crippen molar-refractivity contribution in [2.75, 3.05) is 13.2 Å². The van der Waals surface area contributed by atoms with Crippen molar-refractivity contribution in [1.82, 2.24) is 20.3 Å². The summed E-state index contributed by atoms with van der Waals surface area (Å²) in [5.41, 5.74) is 1.18. The van der Waals surface area contributed by atoms with Crippen molar-refractivity contribution in [3.63, 3.8) is 0 Å². The predicted molar refractivity (Wildman–Crippen MR) is 65.6 cm³/mol. The number of nitrogens with one attached hydrogen (secondary N) is 1. The Morgan fingerprint density at radius 1 is 1.59 bits per heavy atom. The fourth-order valence-corrected chi connectivity index (χ4v) is 2.57. The van der Waals surface area contributed by atoms with Crippen LogP contribution in [0.4, 0.5) is 0 Å². The van der Waals surface area contributed by atoms with Crippen LogP contribution in [-0.2, 0) is 11.3 Å². The van der Waals surface area contributed by atoms with Crippen molar-refractivity contribution in [3.8, 4) is 0 Å². The first-order chi connectivity index (χ1) is 8.26. The smallest absolute Gasteiger partial charge is 0.0760 e. The molecule has 1 aliphatic rings. The average Bonchev–Trinajstić information content (AvgIpc) is 2.94. The molecule has 17 heavy (non-hydrogen) atoms. The standard InChI is InChI=1S/C12H22N4O/c1-4-13-12(10-6-9(3)17-8-10)11-7-14-15-16(11)5-2/h7,9-10,12-13H,4-6,8H2,1-3H3. The SMILES string of the molecule is CCNC(c1cnnn1CC)C1COC(C)C1. The van der Waals surface area contributed by atoms with Crippen LogP contribution in [0.2, 0.25) is 0 Å². The number of hydrogen-bond donors (Lipinski definition) is 1. The van der Waals surface area contributed by atoms with E-state index in [-0.39, 0.29) is 0 Å². The molecule has 0 spiro atoms. The lowest BCUT2D eigenvalue weighted by Gasteiger charge is -2.23. The molecule has 1 aromatic heterocycles. The van der Waals surface area contributed by atoms with Crippen molar-refractivity contribution in [3.05, 3.63) is 11.9 Å². The van der Waals surface area contributed by atoms with Crippen LogP contribution < -0.4 is 5.32 Å². The summed E-state index contributed by atoms with van der Waals surface area (Å²) in [6.45, 7) is 9.00. The van der Waals surface area contributed by atoms with E-state index in [0.717, 1.165) is 26.1 Å². The molecule has 3 atom stereocenters. The molecule has 5 nitrogen and oxygen atoms in total. The Morgan fingerprint density at radius 2 is 2.41 bits per heavy atom. The van der Waals surface area contributed by atoms with Crippen LogP contribution >= 0.6 is 0 Å². The molecule has 0 radical (unpaired) electrons. The summed E-state index contributed by atoms with van der Waals surface area (Å²) < 4.78 is 7.64. The summed E-state index contributed by atoms with van der Waals surface area (Å²) >= 11 is 0. The molecule has 1 N–H and O–H groups in total. The summed E-state index contributed by atoms with van der Waals surface area (Å²) in [5.74, 6) is 0.522. The Kier molecular flexibility index (Phi) is 4.12. The van der Waals surface area contributed by atoms with E-state index in [0.29, 0.717) is 18.1 Å². The van der Waals surface area contributed by atoms with Gasteiger partial charge in [0.25, 0.3) is 0 Å². The third-order valence-corrected chi connectivity index (χ3v) is 3.39. The maximum absolute atomic E-state index is 5.67. The molecular formula is C12H22N4O. The zero-order valence-corrected chi connectivity index (χ0v) is 10.9. The van der Waals surface area contributed by atoms with E-state index in [1.165, 1.54) is 5.69 Å². The van der Waals surface area contributed by atoms with Gasteiger partial charge in [0.15, 0.2) is 0 Å². The zero-order valence-electron chi connectivity index (χ0n) is 10.9. The molecule has 1 aromatic rings. The highest BCUT2D eigenvalue weighted by molar-refractivity contribution is 5.05. The molecule has 5 heteroatoms. The van der Waals surface area contributed by atoms with E-state index in [9.17, 15) is 0 Å². The maximum atomic E-state index is 5.67. The van der Waals surface area contributed by atoms with Crippen molar-refractivity contribution >= 4 is 0 Å². The topological polar surface area (TPSA) is 52.0 Å². The van der Waals surface area contributed by atoms with Gasteiger partial charge in [-0.2, -0.15) is 0 Å². The van der Waals surface area contributed by atoms with Crippen LogP contribution in [0, 0.1) is 5.92 Å². The number of aryl methyl sites for hydroxylation is 1. The Hall–Kier alpha value is -0.940. The largest absolute Gasteiger partial charge is 0.378 e. The molecule has 96 valence electrons. The summed E-state index contributed by atoms with van der Waals surface area (Å²) in [5, 5.41) is 11.7. The highest BCUT2D eigenvalue weighted by atomic mass is 16.5. The number of aromatic nitrogens is 3. The normalized spacial score (nSPS) is 26.3. The van der Waals surface area contributed by atoms with Gasteiger partial charge in [-0.25, -0.2) is 4.68 Å². The van der Waals surface area contributed by atoms with Crippen LogP contribution in [-0.4, -0.2) is 34.2 Å². The minimum absolute atomic E-state index is 0.305. The highest BCUT2D eigenvalue weighted by Crippen LogP contribution is 2.31. The van der Waals surface area contributed by atoms with Gasteiger partial charge in [0, 0.05) is 12.5 Å². The number of rotatable bonds is 5. The Labute approximate surface area is 103 Å². The monoisotopic (exact) mass is 238 g/mol. The third kappa shape index (κ3) is 2.66. The van der Waals surface area contributed by atoms with Gasteiger partial charge in [-0.3, -0.25) is 0 Å². The van der Waals surface area contributed by atoms with Crippen molar-refractivity contribution in [2.45, 2.75) is 45.9 Å². The van der Waals surface area contributed by atoms with Gasteiger partial charge in [-0.1, -0.05) is 12.1 Å². The molecule has 3 unspecified atom stereocenters. The van der Waals surface area contributed by atoms with Crippen molar-refractivity contribution < 1.29 is 4.74 Å². The number of nitrogens with zero attached hydrogens (tertiary/aromatic N) is 3. The lowest BCUT2D eigenvalue weighted by Crippen LogP contribution is -2.30. The highest BCUT2D eigenvalue weighted by Gasteiger charge is 2.32. The minimum atomic E-state index is 0.305. The van der Waals surface area contributed by atoms with Gasteiger partial charge in [-0.15, -0.1) is 5.10 Å². The van der Waals surface area contributed by atoms with E-state index in [4.69, 9.17) is 4.74 Å². The number of hydrogen-bond acceptors (Lipinski definition) is 4. The molecule has 0 aromatic carbocycles. The van der Waals surface area contributed by atoms with Crippen LogP contribution in [0.15, 0.2) is 6.20 Å². The molecule has 0 amide bonds. The second kappa shape index (κ2) is 5.60. The first-order valence-corrected chi connectivity index (χ1v) is 6.49. The molecule has 2 rings (SSSR count). The molecule has 0 aliphatic carbocycles. The fourth-order valence-electron chi connectivity index (χ4n) is 2.57. The molecule has 1 aliphatic heterocycles. The van der Waals surface area contributed by atoms with E-state index in [1.54, 1.807) is 0 Å². The number of ether oxygens (including phenoxy) is 1. The Bertz CT molecular complexity index is 352. The second-order valence-corrected chi connectivity index (χ2v) is 4.65.